The van der Waals surface area contributed by atoms with Crippen LogP contribution >= 0.6 is 0 Å². The smallest absolute Gasteiger partial charge is 0.271 e. The lowest BCUT2D eigenvalue weighted by Gasteiger charge is -2.33. The number of nitro groups is 1. The lowest BCUT2D eigenvalue weighted by Crippen LogP contribution is -2.53. The van der Waals surface area contributed by atoms with Crippen molar-refractivity contribution in [2.75, 3.05) is 17.1 Å². The molecule has 1 N–H and O–H groups in total. The molecule has 1 fully saturated rings. The standard InChI is InChI=1S/C27H36N4O6S/c1-5-24(27(33)28-22-11-6-7-12-22)29(17-21-10-8-9-19(2)15-21)26(32)18-30(38(4,36)37)25-16-23(31(34)35)14-13-20(25)3/h8-10,13-16,22,24H,5-7,11-12,17-18H2,1-4H3,(H,28,33)/t24-/m0/s1. The quantitative estimate of drug-likeness (QED) is 0.338. The zero-order valence-corrected chi connectivity index (χ0v) is 23.2. The number of rotatable bonds is 11. The van der Waals surface area contributed by atoms with Gasteiger partial charge in [-0.05, 0) is 44.2 Å². The molecule has 0 saturated heterocycles. The van der Waals surface area contributed by atoms with E-state index in [0.29, 0.717) is 12.0 Å². The van der Waals surface area contributed by atoms with E-state index < -0.39 is 33.4 Å². The zero-order valence-electron chi connectivity index (χ0n) is 22.3. The second kappa shape index (κ2) is 12.4. The third-order valence-corrected chi connectivity index (χ3v) is 8.00. The van der Waals surface area contributed by atoms with Crippen LogP contribution in [0.4, 0.5) is 11.4 Å². The Morgan fingerprint density at radius 1 is 1.13 bits per heavy atom. The summed E-state index contributed by atoms with van der Waals surface area (Å²) < 4.78 is 26.5. The minimum atomic E-state index is -4.00. The van der Waals surface area contributed by atoms with Gasteiger partial charge in [-0.15, -0.1) is 0 Å². The van der Waals surface area contributed by atoms with Gasteiger partial charge in [0.1, 0.15) is 12.6 Å². The van der Waals surface area contributed by atoms with Crippen LogP contribution in [0.25, 0.3) is 0 Å². The summed E-state index contributed by atoms with van der Waals surface area (Å²) in [6, 6.07) is 10.7. The van der Waals surface area contributed by atoms with Crippen molar-refractivity contribution in [1.29, 1.82) is 0 Å². The molecule has 0 unspecified atom stereocenters. The molecule has 0 aliphatic heterocycles. The van der Waals surface area contributed by atoms with E-state index in [4.69, 9.17) is 0 Å². The topological polar surface area (TPSA) is 130 Å². The minimum Gasteiger partial charge on any atom is -0.352 e. The Bertz CT molecular complexity index is 1290. The van der Waals surface area contributed by atoms with Crippen LogP contribution in [0, 0.1) is 24.0 Å². The summed E-state index contributed by atoms with van der Waals surface area (Å²) in [6.07, 6.45) is 5.15. The molecule has 1 aliphatic carbocycles. The maximum Gasteiger partial charge on any atom is 0.271 e. The van der Waals surface area contributed by atoms with Gasteiger partial charge in [-0.1, -0.05) is 55.7 Å². The van der Waals surface area contributed by atoms with Gasteiger partial charge in [-0.25, -0.2) is 8.42 Å². The fourth-order valence-electron chi connectivity index (χ4n) is 4.87. The van der Waals surface area contributed by atoms with Gasteiger partial charge < -0.3 is 10.2 Å². The first-order valence-corrected chi connectivity index (χ1v) is 14.6. The number of anilines is 1. The number of hydrogen-bond acceptors (Lipinski definition) is 6. The highest BCUT2D eigenvalue weighted by Gasteiger charge is 2.33. The van der Waals surface area contributed by atoms with Gasteiger partial charge in [-0.2, -0.15) is 0 Å². The number of aryl methyl sites for hydroxylation is 2. The van der Waals surface area contributed by atoms with Crippen molar-refractivity contribution in [3.63, 3.8) is 0 Å². The van der Waals surface area contributed by atoms with Crippen LogP contribution in [0.1, 0.15) is 55.7 Å². The predicted molar refractivity (Wildman–Crippen MR) is 146 cm³/mol. The Kier molecular flexibility index (Phi) is 9.48. The molecule has 2 aromatic carbocycles. The van der Waals surface area contributed by atoms with E-state index in [1.807, 2.05) is 38.1 Å². The molecule has 206 valence electrons. The lowest BCUT2D eigenvalue weighted by molar-refractivity contribution is -0.384. The number of benzene rings is 2. The Morgan fingerprint density at radius 3 is 2.39 bits per heavy atom. The number of nitro benzene ring substituents is 1. The van der Waals surface area contributed by atoms with Gasteiger partial charge in [0.2, 0.25) is 21.8 Å². The summed E-state index contributed by atoms with van der Waals surface area (Å²) in [5.41, 5.74) is 2.02. The predicted octanol–water partition coefficient (Wildman–Crippen LogP) is 3.84. The van der Waals surface area contributed by atoms with Crippen molar-refractivity contribution in [2.45, 2.75) is 71.5 Å². The second-order valence-corrected chi connectivity index (χ2v) is 11.8. The lowest BCUT2D eigenvalue weighted by atomic mass is 10.1. The van der Waals surface area contributed by atoms with Crippen LogP contribution in [-0.2, 0) is 26.2 Å². The number of nitrogens with one attached hydrogen (secondary N) is 1. The minimum absolute atomic E-state index is 0.0500. The van der Waals surface area contributed by atoms with Crippen LogP contribution < -0.4 is 9.62 Å². The Morgan fingerprint density at radius 2 is 1.82 bits per heavy atom. The Balaban J connectivity index is 1.98. The van der Waals surface area contributed by atoms with Crippen molar-refractivity contribution in [2.24, 2.45) is 0 Å². The summed E-state index contributed by atoms with van der Waals surface area (Å²) in [4.78, 5) is 39.4. The van der Waals surface area contributed by atoms with E-state index in [0.717, 1.165) is 53.4 Å². The number of non-ortho nitro benzene ring substituents is 1. The molecular weight excluding hydrogens is 508 g/mol. The summed E-state index contributed by atoms with van der Waals surface area (Å²) in [5, 5.41) is 14.4. The number of nitrogens with zero attached hydrogens (tertiary/aromatic N) is 3. The van der Waals surface area contributed by atoms with Crippen LogP contribution in [-0.4, -0.2) is 54.9 Å². The first-order chi connectivity index (χ1) is 17.9. The van der Waals surface area contributed by atoms with Gasteiger partial charge in [0.25, 0.3) is 5.69 Å². The second-order valence-electron chi connectivity index (χ2n) is 9.92. The highest BCUT2D eigenvalue weighted by molar-refractivity contribution is 7.92. The third-order valence-electron chi connectivity index (χ3n) is 6.87. The fourth-order valence-corrected chi connectivity index (χ4v) is 5.77. The number of amides is 2. The van der Waals surface area contributed by atoms with Crippen LogP contribution in [0.3, 0.4) is 0 Å². The van der Waals surface area contributed by atoms with Gasteiger partial charge in [0.15, 0.2) is 0 Å². The normalized spacial score (nSPS) is 14.6. The first kappa shape index (κ1) is 29.1. The molecule has 0 radical (unpaired) electrons. The molecule has 0 heterocycles. The molecule has 38 heavy (non-hydrogen) atoms. The van der Waals surface area contributed by atoms with E-state index >= 15 is 0 Å². The Labute approximate surface area is 224 Å². The number of sulfonamides is 1. The number of carbonyl (C=O) groups excluding carboxylic acids is 2. The van der Waals surface area contributed by atoms with Crippen molar-refractivity contribution in [1.82, 2.24) is 10.2 Å². The SMILES string of the molecule is CC[C@@H](C(=O)NC1CCCC1)N(Cc1cccc(C)c1)C(=O)CN(c1cc([N+](=O)[O-])ccc1C)S(C)(=O)=O. The average molecular weight is 545 g/mol. The van der Waals surface area contributed by atoms with Crippen LogP contribution in [0.5, 0.6) is 0 Å². The average Bonchev–Trinajstić information content (AvgIpc) is 3.35. The van der Waals surface area contributed by atoms with E-state index in [1.165, 1.54) is 17.0 Å². The van der Waals surface area contributed by atoms with Gasteiger partial charge in [0.05, 0.1) is 16.9 Å². The molecule has 0 bridgehead atoms. The molecule has 11 heteroatoms. The van der Waals surface area contributed by atoms with Crippen molar-refractivity contribution in [3.05, 3.63) is 69.3 Å². The zero-order chi connectivity index (χ0) is 28.0. The highest BCUT2D eigenvalue weighted by Crippen LogP contribution is 2.28. The Hall–Kier alpha value is -3.47. The van der Waals surface area contributed by atoms with Crippen LogP contribution in [0.2, 0.25) is 0 Å². The molecule has 1 atom stereocenters. The van der Waals surface area contributed by atoms with Crippen molar-refractivity contribution >= 4 is 33.2 Å². The molecule has 2 aromatic rings. The maximum absolute atomic E-state index is 13.8. The van der Waals surface area contributed by atoms with Crippen molar-refractivity contribution in [3.8, 4) is 0 Å². The molecular formula is C27H36N4O6S. The van der Waals surface area contributed by atoms with E-state index in [1.54, 1.807) is 6.92 Å². The highest BCUT2D eigenvalue weighted by atomic mass is 32.2. The summed E-state index contributed by atoms with van der Waals surface area (Å²) >= 11 is 0. The molecule has 10 nitrogen and oxygen atoms in total. The maximum atomic E-state index is 13.8. The van der Waals surface area contributed by atoms with E-state index in [-0.39, 0.29) is 29.9 Å². The molecule has 2 amide bonds. The summed E-state index contributed by atoms with van der Waals surface area (Å²) in [6.45, 7) is 4.88. The van der Waals surface area contributed by atoms with Gasteiger partial charge in [0, 0.05) is 24.7 Å². The molecule has 1 aliphatic rings. The van der Waals surface area contributed by atoms with Gasteiger partial charge in [-0.3, -0.25) is 24.0 Å². The van der Waals surface area contributed by atoms with E-state index in [9.17, 15) is 28.1 Å². The largest absolute Gasteiger partial charge is 0.352 e. The first-order valence-electron chi connectivity index (χ1n) is 12.8. The fraction of sp³-hybridized carbons (Fsp3) is 0.481. The molecule has 1 saturated carbocycles. The molecule has 0 spiro atoms. The summed E-state index contributed by atoms with van der Waals surface area (Å²) in [7, 11) is -4.00. The molecule has 3 rings (SSSR count). The van der Waals surface area contributed by atoms with Gasteiger partial charge >= 0.3 is 0 Å². The van der Waals surface area contributed by atoms with E-state index in [2.05, 4.69) is 5.32 Å². The summed E-state index contributed by atoms with van der Waals surface area (Å²) in [5.74, 6) is -0.839. The monoisotopic (exact) mass is 544 g/mol. The molecule has 0 aromatic heterocycles. The third kappa shape index (κ3) is 7.31. The number of carbonyl (C=O) groups is 2. The van der Waals surface area contributed by atoms with Crippen LogP contribution in [0.15, 0.2) is 42.5 Å². The van der Waals surface area contributed by atoms with Crippen molar-refractivity contribution < 1.29 is 22.9 Å². The number of hydrogen-bond donors (Lipinski definition) is 1.